The summed E-state index contributed by atoms with van der Waals surface area (Å²) in [7, 11) is -9.91. The van der Waals surface area contributed by atoms with Gasteiger partial charge in [0.25, 0.3) is 0 Å². The smallest absolute Gasteiger partial charge is 0.462 e. The highest BCUT2D eigenvalue weighted by Gasteiger charge is 2.30. The Balaban J connectivity index is 5.19. The average Bonchev–Trinajstić information content (AvgIpc) is 1.28. The van der Waals surface area contributed by atoms with Crippen LogP contribution in [0.15, 0.2) is 0 Å². The van der Waals surface area contributed by atoms with E-state index in [2.05, 4.69) is 41.5 Å². The van der Waals surface area contributed by atoms with E-state index in [0.717, 1.165) is 108 Å². The Bertz CT molecular complexity index is 1910. The third-order valence-corrected chi connectivity index (χ3v) is 21.0. The van der Waals surface area contributed by atoms with E-state index in [9.17, 15) is 43.2 Å². The Morgan fingerprint density at radius 2 is 0.515 bits per heavy atom. The lowest BCUT2D eigenvalue weighted by Gasteiger charge is -2.21. The summed E-state index contributed by atoms with van der Waals surface area (Å²) in [5.74, 6) is -0.442. The molecule has 0 amide bonds. The molecule has 0 fully saturated rings. The minimum Gasteiger partial charge on any atom is -0.462 e. The van der Waals surface area contributed by atoms with Crippen molar-refractivity contribution >= 4 is 39.5 Å². The molecular weight excluding hydrogens is 1290 g/mol. The van der Waals surface area contributed by atoms with Crippen LogP contribution in [0.4, 0.5) is 0 Å². The molecule has 0 aromatic rings. The van der Waals surface area contributed by atoms with E-state index in [1.54, 1.807) is 0 Å². The van der Waals surface area contributed by atoms with Crippen LogP contribution in [0.25, 0.3) is 0 Å². The molecule has 0 saturated heterocycles. The maximum absolute atomic E-state index is 13.1. The quantitative estimate of drug-likeness (QED) is 0.0222. The summed E-state index contributed by atoms with van der Waals surface area (Å²) in [6, 6.07) is 0. The molecule has 0 radical (unpaired) electrons. The molecule has 0 aromatic heterocycles. The van der Waals surface area contributed by atoms with Crippen molar-refractivity contribution < 1.29 is 80.2 Å². The molecule has 588 valence electrons. The van der Waals surface area contributed by atoms with Gasteiger partial charge in [-0.05, 0) is 37.5 Å². The maximum atomic E-state index is 13.1. The van der Waals surface area contributed by atoms with Crippen LogP contribution in [-0.2, 0) is 65.4 Å². The zero-order valence-corrected chi connectivity index (χ0v) is 66.6. The van der Waals surface area contributed by atoms with Crippen LogP contribution in [0.1, 0.15) is 420 Å². The summed E-state index contributed by atoms with van der Waals surface area (Å²) in [4.78, 5) is 72.8. The van der Waals surface area contributed by atoms with Gasteiger partial charge in [0.05, 0.1) is 26.4 Å². The van der Waals surface area contributed by atoms with E-state index in [1.807, 2.05) is 0 Å². The van der Waals surface area contributed by atoms with Crippen LogP contribution in [-0.4, -0.2) is 96.7 Å². The molecular formula is C80H156O17P2. The summed E-state index contributed by atoms with van der Waals surface area (Å²) < 4.78 is 68.6. The molecule has 3 N–H and O–H groups in total. The molecule has 0 rings (SSSR count). The van der Waals surface area contributed by atoms with Crippen molar-refractivity contribution in [2.24, 2.45) is 11.8 Å². The van der Waals surface area contributed by atoms with Crippen molar-refractivity contribution in [2.45, 2.75) is 439 Å². The SMILES string of the molecule is CCCCCCCCCCCCCCC(=O)O[C@H](COC(=O)CCCCCCCCCC)COP(=O)(O)OC[C@H](O)COP(=O)(O)OC[C@@H](COC(=O)CCCCCCCCCCCCCCCCC(C)CC)OC(=O)CCCCCCCCCCCCCCCCCCCCC(C)C. The first-order valence-corrected chi connectivity index (χ1v) is 44.5. The lowest BCUT2D eigenvalue weighted by molar-refractivity contribution is -0.161. The van der Waals surface area contributed by atoms with Gasteiger partial charge in [0.1, 0.15) is 19.3 Å². The number of esters is 4. The van der Waals surface area contributed by atoms with Crippen molar-refractivity contribution in [1.29, 1.82) is 0 Å². The number of phosphoric ester groups is 2. The molecule has 0 aromatic carbocycles. The second kappa shape index (κ2) is 71.7. The second-order valence-electron chi connectivity index (χ2n) is 29.5. The molecule has 0 aliphatic rings. The molecule has 0 spiro atoms. The summed E-state index contributed by atoms with van der Waals surface area (Å²) in [5.41, 5.74) is 0. The molecule has 3 unspecified atom stereocenters. The highest BCUT2D eigenvalue weighted by Crippen LogP contribution is 2.45. The van der Waals surface area contributed by atoms with Crippen LogP contribution in [0.2, 0.25) is 0 Å². The molecule has 0 aliphatic carbocycles. The Kier molecular flexibility index (Phi) is 70.3. The monoisotopic (exact) mass is 1450 g/mol. The van der Waals surface area contributed by atoms with E-state index in [0.29, 0.717) is 25.7 Å². The Hall–Kier alpha value is -1.94. The van der Waals surface area contributed by atoms with E-state index in [-0.39, 0.29) is 25.7 Å². The first kappa shape index (κ1) is 97.1. The fourth-order valence-electron chi connectivity index (χ4n) is 12.3. The van der Waals surface area contributed by atoms with E-state index in [4.69, 9.17) is 37.0 Å². The molecule has 19 heteroatoms. The van der Waals surface area contributed by atoms with Crippen LogP contribution >= 0.6 is 15.6 Å². The second-order valence-corrected chi connectivity index (χ2v) is 32.4. The van der Waals surface area contributed by atoms with Gasteiger partial charge in [-0.25, -0.2) is 9.13 Å². The molecule has 17 nitrogen and oxygen atoms in total. The Morgan fingerprint density at radius 1 is 0.293 bits per heavy atom. The predicted molar refractivity (Wildman–Crippen MR) is 405 cm³/mol. The number of hydrogen-bond donors (Lipinski definition) is 3. The van der Waals surface area contributed by atoms with Gasteiger partial charge in [0.15, 0.2) is 12.2 Å². The topological polar surface area (TPSA) is 237 Å². The van der Waals surface area contributed by atoms with Crippen LogP contribution < -0.4 is 0 Å². The highest BCUT2D eigenvalue weighted by atomic mass is 31.2. The first-order chi connectivity index (χ1) is 47.9. The summed E-state index contributed by atoms with van der Waals surface area (Å²) in [6.45, 7) is 9.69. The Morgan fingerprint density at radius 3 is 0.768 bits per heavy atom. The molecule has 0 aliphatic heterocycles. The standard InChI is InChI=1S/C80H156O17P2/c1-7-10-12-14-16-18-19-34-40-46-52-58-64-79(84)96-75(68-90-77(82)62-56-50-44-17-15-13-11-8-2)70-94-98(86,87)92-66-74(81)67-93-99(88,89)95-71-76(69-91-78(83)63-57-51-45-39-35-30-27-26-29-33-38-43-49-55-61-73(6)9-3)97-80(85)65-59-53-47-41-36-31-25-23-21-20-22-24-28-32-37-42-48-54-60-72(4)5/h72-76,81H,7-71H2,1-6H3,(H,86,87)(H,88,89)/t73?,74-,75+,76+/m0/s1. The van der Waals surface area contributed by atoms with Gasteiger partial charge in [0, 0.05) is 25.7 Å². The fraction of sp³-hybridized carbons (Fsp3) is 0.950. The molecule has 0 saturated carbocycles. The predicted octanol–water partition coefficient (Wildman–Crippen LogP) is 23.9. The van der Waals surface area contributed by atoms with Gasteiger partial charge >= 0.3 is 39.5 Å². The van der Waals surface area contributed by atoms with E-state index < -0.39 is 97.5 Å². The fourth-order valence-corrected chi connectivity index (χ4v) is 13.9. The third kappa shape index (κ3) is 72.8. The van der Waals surface area contributed by atoms with Gasteiger partial charge in [-0.1, -0.05) is 369 Å². The lowest BCUT2D eigenvalue weighted by atomic mass is 9.99. The zero-order valence-electron chi connectivity index (χ0n) is 64.8. The van der Waals surface area contributed by atoms with Gasteiger partial charge < -0.3 is 33.8 Å². The largest absolute Gasteiger partial charge is 0.472 e. The summed E-state index contributed by atoms with van der Waals surface area (Å²) in [6.07, 6.45) is 61.1. The number of ether oxygens (including phenoxy) is 4. The molecule has 6 atom stereocenters. The number of aliphatic hydroxyl groups is 1. The minimum atomic E-state index is -4.96. The van der Waals surface area contributed by atoms with Crippen molar-refractivity contribution in [3.63, 3.8) is 0 Å². The summed E-state index contributed by atoms with van der Waals surface area (Å²) >= 11 is 0. The average molecular weight is 1450 g/mol. The van der Waals surface area contributed by atoms with Crippen molar-refractivity contribution in [3.05, 3.63) is 0 Å². The number of carbonyl (C=O) groups excluding carboxylic acids is 4. The van der Waals surface area contributed by atoms with Crippen LogP contribution in [0, 0.1) is 11.8 Å². The van der Waals surface area contributed by atoms with E-state index >= 15 is 0 Å². The number of aliphatic hydroxyl groups excluding tert-OH is 1. The van der Waals surface area contributed by atoms with Gasteiger partial charge in [-0.2, -0.15) is 0 Å². The van der Waals surface area contributed by atoms with Crippen molar-refractivity contribution in [1.82, 2.24) is 0 Å². The molecule has 0 heterocycles. The number of unbranched alkanes of at least 4 members (excludes halogenated alkanes) is 48. The molecule has 0 bridgehead atoms. The number of rotatable bonds is 79. The minimum absolute atomic E-state index is 0.107. The zero-order chi connectivity index (χ0) is 72.8. The van der Waals surface area contributed by atoms with Gasteiger partial charge in [-0.3, -0.25) is 37.3 Å². The molecule has 99 heavy (non-hydrogen) atoms. The van der Waals surface area contributed by atoms with Gasteiger partial charge in [-0.15, -0.1) is 0 Å². The van der Waals surface area contributed by atoms with E-state index in [1.165, 1.54) is 231 Å². The number of carbonyl (C=O) groups is 4. The first-order valence-electron chi connectivity index (χ1n) is 41.5. The normalized spacial score (nSPS) is 14.2. The maximum Gasteiger partial charge on any atom is 0.472 e. The van der Waals surface area contributed by atoms with Crippen LogP contribution in [0.5, 0.6) is 0 Å². The van der Waals surface area contributed by atoms with Crippen LogP contribution in [0.3, 0.4) is 0 Å². The summed E-state index contributed by atoms with van der Waals surface area (Å²) in [5, 5.41) is 10.6. The number of hydrogen-bond acceptors (Lipinski definition) is 15. The van der Waals surface area contributed by atoms with Crippen molar-refractivity contribution in [2.75, 3.05) is 39.6 Å². The van der Waals surface area contributed by atoms with Gasteiger partial charge in [0.2, 0.25) is 0 Å². The number of phosphoric acid groups is 2. The Labute approximate surface area is 607 Å². The van der Waals surface area contributed by atoms with Crippen molar-refractivity contribution in [3.8, 4) is 0 Å². The lowest BCUT2D eigenvalue weighted by Crippen LogP contribution is -2.30. The highest BCUT2D eigenvalue weighted by molar-refractivity contribution is 7.47. The third-order valence-electron chi connectivity index (χ3n) is 19.1.